The lowest BCUT2D eigenvalue weighted by atomic mass is 9.50. The zero-order chi connectivity index (χ0) is 13.6. The zero-order valence-corrected chi connectivity index (χ0v) is 12.1. The topological polar surface area (TPSA) is 46.5 Å². The number of ether oxygens (including phenoxy) is 1. The quantitative estimate of drug-likeness (QED) is 0.796. The van der Waals surface area contributed by atoms with Gasteiger partial charge in [0.25, 0.3) is 0 Å². The SMILES string of the molecule is CCC(C)C(=O)OC1(CO)C2CC3CC(C2)CC1C3. The maximum absolute atomic E-state index is 12.2. The highest BCUT2D eigenvalue weighted by Crippen LogP contribution is 2.59. The van der Waals surface area contributed by atoms with Gasteiger partial charge >= 0.3 is 5.97 Å². The Hall–Kier alpha value is -0.570. The molecular weight excluding hydrogens is 240 g/mol. The van der Waals surface area contributed by atoms with Crippen LogP contribution in [-0.2, 0) is 9.53 Å². The van der Waals surface area contributed by atoms with E-state index in [2.05, 4.69) is 0 Å². The third-order valence-corrected chi connectivity index (χ3v) is 6.07. The fraction of sp³-hybridized carbons (Fsp3) is 0.938. The highest BCUT2D eigenvalue weighted by atomic mass is 16.6. The zero-order valence-electron chi connectivity index (χ0n) is 12.1. The first-order chi connectivity index (χ1) is 9.09. The third kappa shape index (κ3) is 2.01. The lowest BCUT2D eigenvalue weighted by Gasteiger charge is -2.59. The van der Waals surface area contributed by atoms with Crippen molar-refractivity contribution in [3.8, 4) is 0 Å². The van der Waals surface area contributed by atoms with Gasteiger partial charge in [0.2, 0.25) is 0 Å². The second-order valence-electron chi connectivity index (χ2n) is 7.15. The van der Waals surface area contributed by atoms with Crippen LogP contribution in [-0.4, -0.2) is 23.3 Å². The van der Waals surface area contributed by atoms with E-state index in [1.165, 1.54) is 6.42 Å². The Labute approximate surface area is 115 Å². The molecule has 4 saturated carbocycles. The van der Waals surface area contributed by atoms with Crippen LogP contribution in [0, 0.1) is 29.6 Å². The Balaban J connectivity index is 1.81. The molecule has 0 aromatic heterocycles. The number of rotatable bonds is 4. The molecule has 4 bridgehead atoms. The Kier molecular flexibility index (Phi) is 3.36. The third-order valence-electron chi connectivity index (χ3n) is 6.07. The molecule has 1 N–H and O–H groups in total. The Morgan fingerprint density at radius 3 is 2.16 bits per heavy atom. The van der Waals surface area contributed by atoms with Gasteiger partial charge in [-0.2, -0.15) is 0 Å². The highest BCUT2D eigenvalue weighted by molar-refractivity contribution is 5.72. The summed E-state index contributed by atoms with van der Waals surface area (Å²) in [5, 5.41) is 9.97. The van der Waals surface area contributed by atoms with Crippen LogP contribution < -0.4 is 0 Å². The highest BCUT2D eigenvalue weighted by Gasteiger charge is 2.59. The summed E-state index contributed by atoms with van der Waals surface area (Å²) in [4.78, 5) is 12.2. The molecule has 0 saturated heterocycles. The minimum atomic E-state index is -0.548. The number of carbonyl (C=O) groups is 1. The van der Waals surface area contributed by atoms with E-state index in [1.807, 2.05) is 13.8 Å². The van der Waals surface area contributed by atoms with Crippen LogP contribution in [0.4, 0.5) is 0 Å². The van der Waals surface area contributed by atoms with Crippen molar-refractivity contribution in [2.75, 3.05) is 6.61 Å². The van der Waals surface area contributed by atoms with Crippen LogP contribution in [0.25, 0.3) is 0 Å². The van der Waals surface area contributed by atoms with Crippen molar-refractivity contribution in [3.63, 3.8) is 0 Å². The van der Waals surface area contributed by atoms with Gasteiger partial charge < -0.3 is 9.84 Å². The van der Waals surface area contributed by atoms with Gasteiger partial charge in [0.15, 0.2) is 0 Å². The number of esters is 1. The summed E-state index contributed by atoms with van der Waals surface area (Å²) in [6, 6.07) is 0. The molecule has 0 aliphatic heterocycles. The van der Waals surface area contributed by atoms with Gasteiger partial charge in [-0.15, -0.1) is 0 Å². The first-order valence-corrected chi connectivity index (χ1v) is 7.92. The van der Waals surface area contributed by atoms with Crippen molar-refractivity contribution in [2.45, 2.75) is 58.0 Å². The van der Waals surface area contributed by atoms with Crippen molar-refractivity contribution < 1.29 is 14.6 Å². The molecule has 3 nitrogen and oxygen atoms in total. The molecule has 1 unspecified atom stereocenters. The van der Waals surface area contributed by atoms with Crippen molar-refractivity contribution >= 4 is 5.97 Å². The standard InChI is InChI=1S/C16H26O3/c1-3-10(2)15(18)19-16(9-17)13-5-11-4-12(7-13)8-14(16)6-11/h10-14,17H,3-9H2,1-2H3. The summed E-state index contributed by atoms with van der Waals surface area (Å²) < 4.78 is 5.93. The van der Waals surface area contributed by atoms with Gasteiger partial charge in [0, 0.05) is 11.8 Å². The summed E-state index contributed by atoms with van der Waals surface area (Å²) >= 11 is 0. The monoisotopic (exact) mass is 266 g/mol. The van der Waals surface area contributed by atoms with Crippen molar-refractivity contribution in [1.29, 1.82) is 0 Å². The molecule has 108 valence electrons. The minimum absolute atomic E-state index is 0.0178. The number of aliphatic hydroxyl groups excluding tert-OH is 1. The van der Waals surface area contributed by atoms with Crippen molar-refractivity contribution in [3.05, 3.63) is 0 Å². The van der Waals surface area contributed by atoms with E-state index in [1.54, 1.807) is 0 Å². The van der Waals surface area contributed by atoms with E-state index in [9.17, 15) is 9.90 Å². The smallest absolute Gasteiger partial charge is 0.309 e. The molecule has 4 aliphatic rings. The van der Waals surface area contributed by atoms with Crippen LogP contribution in [0.15, 0.2) is 0 Å². The molecule has 4 fully saturated rings. The molecule has 0 aromatic rings. The van der Waals surface area contributed by atoms with Crippen LogP contribution in [0.2, 0.25) is 0 Å². The molecule has 0 radical (unpaired) electrons. The van der Waals surface area contributed by atoms with Crippen molar-refractivity contribution in [2.24, 2.45) is 29.6 Å². The lowest BCUT2D eigenvalue weighted by Crippen LogP contribution is -2.62. The van der Waals surface area contributed by atoms with E-state index in [-0.39, 0.29) is 18.5 Å². The van der Waals surface area contributed by atoms with Gasteiger partial charge in [0.1, 0.15) is 5.60 Å². The number of aliphatic hydroxyl groups is 1. The van der Waals surface area contributed by atoms with Gasteiger partial charge in [-0.3, -0.25) is 4.79 Å². The first kappa shape index (κ1) is 13.4. The summed E-state index contributed by atoms with van der Waals surface area (Å²) in [7, 11) is 0. The number of hydrogen-bond donors (Lipinski definition) is 1. The molecule has 0 spiro atoms. The summed E-state index contributed by atoms with van der Waals surface area (Å²) in [5.41, 5.74) is -0.548. The molecule has 0 aromatic carbocycles. The molecule has 4 aliphatic carbocycles. The summed E-state index contributed by atoms with van der Waals surface area (Å²) in [5.74, 6) is 2.29. The molecule has 1 atom stereocenters. The van der Waals surface area contributed by atoms with Gasteiger partial charge in [-0.25, -0.2) is 0 Å². The van der Waals surface area contributed by atoms with Crippen LogP contribution in [0.1, 0.15) is 52.4 Å². The van der Waals surface area contributed by atoms with E-state index in [0.29, 0.717) is 11.8 Å². The number of carbonyl (C=O) groups excluding carboxylic acids is 1. The molecule has 0 heterocycles. The maximum atomic E-state index is 12.2. The average Bonchev–Trinajstić information content (AvgIpc) is 2.41. The Morgan fingerprint density at radius 1 is 1.21 bits per heavy atom. The van der Waals surface area contributed by atoms with Crippen LogP contribution in [0.5, 0.6) is 0 Å². The molecule has 4 rings (SSSR count). The predicted molar refractivity (Wildman–Crippen MR) is 72.4 cm³/mol. The summed E-state index contributed by atoms with van der Waals surface area (Å²) in [6.07, 6.45) is 6.79. The predicted octanol–water partition coefficient (Wildman–Crippen LogP) is 2.76. The van der Waals surface area contributed by atoms with E-state index in [0.717, 1.165) is 43.9 Å². The van der Waals surface area contributed by atoms with E-state index in [4.69, 9.17) is 4.74 Å². The molecule has 3 heteroatoms. The van der Waals surface area contributed by atoms with E-state index >= 15 is 0 Å². The second-order valence-corrected chi connectivity index (χ2v) is 7.15. The Bertz CT molecular complexity index is 335. The Morgan fingerprint density at radius 2 is 1.74 bits per heavy atom. The second kappa shape index (κ2) is 4.76. The molecule has 19 heavy (non-hydrogen) atoms. The molecule has 0 amide bonds. The first-order valence-electron chi connectivity index (χ1n) is 7.92. The van der Waals surface area contributed by atoms with Gasteiger partial charge in [-0.05, 0) is 50.4 Å². The normalized spacial score (nSPS) is 45.2. The van der Waals surface area contributed by atoms with Crippen LogP contribution >= 0.6 is 0 Å². The van der Waals surface area contributed by atoms with E-state index < -0.39 is 5.60 Å². The largest absolute Gasteiger partial charge is 0.456 e. The lowest BCUT2D eigenvalue weighted by molar-refractivity contribution is -0.224. The van der Waals surface area contributed by atoms with Gasteiger partial charge in [0.05, 0.1) is 12.5 Å². The fourth-order valence-corrected chi connectivity index (χ4v) is 4.89. The average molecular weight is 266 g/mol. The maximum Gasteiger partial charge on any atom is 0.309 e. The number of hydrogen-bond acceptors (Lipinski definition) is 3. The minimum Gasteiger partial charge on any atom is -0.456 e. The fourth-order valence-electron chi connectivity index (χ4n) is 4.89. The summed E-state index contributed by atoms with van der Waals surface area (Å²) in [6.45, 7) is 3.95. The molecular formula is C16H26O3. The van der Waals surface area contributed by atoms with Gasteiger partial charge in [-0.1, -0.05) is 13.8 Å². The van der Waals surface area contributed by atoms with Crippen molar-refractivity contribution in [1.82, 2.24) is 0 Å². The van der Waals surface area contributed by atoms with Crippen LogP contribution in [0.3, 0.4) is 0 Å².